The van der Waals surface area contributed by atoms with Crippen LogP contribution in [-0.2, 0) is 13.6 Å². The average Bonchev–Trinajstić information content (AvgIpc) is 2.87. The Kier molecular flexibility index (Phi) is 3.15. The van der Waals surface area contributed by atoms with Crippen LogP contribution in [0.25, 0.3) is 21.9 Å². The summed E-state index contributed by atoms with van der Waals surface area (Å²) in [7, 11) is 1.92. The Balaban J connectivity index is 1.90. The van der Waals surface area contributed by atoms with Crippen molar-refractivity contribution in [3.8, 4) is 0 Å². The second-order valence-corrected chi connectivity index (χ2v) is 5.46. The van der Waals surface area contributed by atoms with Crippen LogP contribution < -0.4 is 5.32 Å². The van der Waals surface area contributed by atoms with Gasteiger partial charge in [-0.05, 0) is 13.0 Å². The Labute approximate surface area is 133 Å². The monoisotopic (exact) mass is 304 g/mol. The molecule has 1 aromatic carbocycles. The second kappa shape index (κ2) is 5.31. The van der Waals surface area contributed by atoms with Crippen molar-refractivity contribution in [1.29, 1.82) is 0 Å². The Morgan fingerprint density at radius 1 is 1.17 bits per heavy atom. The van der Waals surface area contributed by atoms with Crippen molar-refractivity contribution in [3.63, 3.8) is 0 Å². The average molecular weight is 304 g/mol. The normalized spacial score (nSPS) is 11.2. The molecule has 6 nitrogen and oxygen atoms in total. The van der Waals surface area contributed by atoms with Gasteiger partial charge in [0.15, 0.2) is 5.65 Å². The molecule has 0 unspecified atom stereocenters. The minimum absolute atomic E-state index is 0.602. The summed E-state index contributed by atoms with van der Waals surface area (Å²) in [4.78, 5) is 13.2. The van der Waals surface area contributed by atoms with Crippen molar-refractivity contribution in [3.05, 3.63) is 54.2 Å². The van der Waals surface area contributed by atoms with Gasteiger partial charge in [0, 0.05) is 24.8 Å². The number of nitrogens with one attached hydrogen (secondary N) is 1. The SMILES string of the molecule is Cc1nn(C)c2nc3ccccc3c(NCc3cnccn3)c12. The molecule has 0 saturated heterocycles. The first-order valence-corrected chi connectivity index (χ1v) is 7.45. The summed E-state index contributed by atoms with van der Waals surface area (Å²) in [5.41, 5.74) is 4.72. The van der Waals surface area contributed by atoms with E-state index in [0.717, 1.165) is 39.0 Å². The highest BCUT2D eigenvalue weighted by Crippen LogP contribution is 2.32. The molecule has 0 aliphatic rings. The van der Waals surface area contributed by atoms with Crippen molar-refractivity contribution in [2.45, 2.75) is 13.5 Å². The van der Waals surface area contributed by atoms with Crippen LogP contribution in [0.1, 0.15) is 11.4 Å². The van der Waals surface area contributed by atoms with Gasteiger partial charge in [-0.15, -0.1) is 0 Å². The molecule has 4 rings (SSSR count). The van der Waals surface area contributed by atoms with Crippen molar-refractivity contribution in [2.24, 2.45) is 7.05 Å². The smallest absolute Gasteiger partial charge is 0.160 e. The predicted octanol–water partition coefficient (Wildman–Crippen LogP) is 2.83. The van der Waals surface area contributed by atoms with Gasteiger partial charge in [-0.1, -0.05) is 18.2 Å². The standard InChI is InChI=1S/C17H16N6/c1-11-15-16(20-10-12-9-18-7-8-19-12)13-5-3-4-6-14(13)21-17(15)23(2)22-11/h3-9H,10H2,1-2H3,(H,20,21). The number of nitrogens with zero attached hydrogens (tertiary/aromatic N) is 5. The molecule has 3 aromatic heterocycles. The lowest BCUT2D eigenvalue weighted by atomic mass is 10.1. The summed E-state index contributed by atoms with van der Waals surface area (Å²) in [5, 5.41) is 10.2. The Morgan fingerprint density at radius 2 is 2.04 bits per heavy atom. The molecule has 6 heteroatoms. The molecular formula is C17H16N6. The molecular weight excluding hydrogens is 288 g/mol. The van der Waals surface area contributed by atoms with Gasteiger partial charge in [-0.25, -0.2) is 4.98 Å². The van der Waals surface area contributed by atoms with E-state index in [9.17, 15) is 0 Å². The van der Waals surface area contributed by atoms with Crippen LogP contribution in [0.4, 0.5) is 5.69 Å². The molecule has 0 aliphatic heterocycles. The van der Waals surface area contributed by atoms with Gasteiger partial charge in [0.1, 0.15) is 0 Å². The van der Waals surface area contributed by atoms with Crippen molar-refractivity contribution in [1.82, 2.24) is 24.7 Å². The van der Waals surface area contributed by atoms with E-state index in [0.29, 0.717) is 6.54 Å². The summed E-state index contributed by atoms with van der Waals surface area (Å²) in [6, 6.07) is 8.11. The summed E-state index contributed by atoms with van der Waals surface area (Å²) in [6.45, 7) is 2.61. The highest BCUT2D eigenvalue weighted by atomic mass is 15.3. The fourth-order valence-electron chi connectivity index (χ4n) is 2.88. The lowest BCUT2D eigenvalue weighted by molar-refractivity contribution is 0.775. The van der Waals surface area contributed by atoms with Gasteiger partial charge < -0.3 is 5.32 Å². The van der Waals surface area contributed by atoms with Crippen LogP contribution in [0.5, 0.6) is 0 Å². The van der Waals surface area contributed by atoms with Crippen LogP contribution in [0.2, 0.25) is 0 Å². The summed E-state index contributed by atoms with van der Waals surface area (Å²) >= 11 is 0. The molecule has 0 amide bonds. The highest BCUT2D eigenvalue weighted by Gasteiger charge is 2.15. The van der Waals surface area contributed by atoms with E-state index in [2.05, 4.69) is 26.4 Å². The lowest BCUT2D eigenvalue weighted by Crippen LogP contribution is -2.04. The zero-order chi connectivity index (χ0) is 15.8. The topological polar surface area (TPSA) is 68.5 Å². The first-order valence-electron chi connectivity index (χ1n) is 7.45. The van der Waals surface area contributed by atoms with Crippen LogP contribution >= 0.6 is 0 Å². The number of aryl methyl sites for hydroxylation is 2. The number of rotatable bonds is 3. The Morgan fingerprint density at radius 3 is 2.87 bits per heavy atom. The molecule has 23 heavy (non-hydrogen) atoms. The van der Waals surface area contributed by atoms with Gasteiger partial charge in [0.25, 0.3) is 0 Å². The molecule has 0 atom stereocenters. The highest BCUT2D eigenvalue weighted by molar-refractivity contribution is 6.07. The first-order chi connectivity index (χ1) is 11.2. The largest absolute Gasteiger partial charge is 0.378 e. The summed E-state index contributed by atoms with van der Waals surface area (Å²) < 4.78 is 1.82. The van der Waals surface area contributed by atoms with E-state index < -0.39 is 0 Å². The minimum atomic E-state index is 0.602. The number of fused-ring (bicyclic) bond motifs is 2. The van der Waals surface area contributed by atoms with Crippen LogP contribution in [0.15, 0.2) is 42.9 Å². The van der Waals surface area contributed by atoms with Gasteiger partial charge in [-0.3, -0.25) is 14.6 Å². The fourth-order valence-corrected chi connectivity index (χ4v) is 2.88. The van der Waals surface area contributed by atoms with Crippen LogP contribution in [0, 0.1) is 6.92 Å². The molecule has 0 spiro atoms. The summed E-state index contributed by atoms with van der Waals surface area (Å²) in [5.74, 6) is 0. The second-order valence-electron chi connectivity index (χ2n) is 5.46. The Bertz CT molecular complexity index is 990. The molecule has 0 fully saturated rings. The maximum Gasteiger partial charge on any atom is 0.160 e. The predicted molar refractivity (Wildman–Crippen MR) is 90.1 cm³/mol. The van der Waals surface area contributed by atoms with Crippen LogP contribution in [-0.4, -0.2) is 24.7 Å². The number of para-hydroxylation sites is 1. The lowest BCUT2D eigenvalue weighted by Gasteiger charge is -2.11. The van der Waals surface area contributed by atoms with Gasteiger partial charge in [0.2, 0.25) is 0 Å². The zero-order valence-electron chi connectivity index (χ0n) is 13.0. The third-order valence-corrected chi connectivity index (χ3v) is 3.90. The van der Waals surface area contributed by atoms with E-state index in [4.69, 9.17) is 4.98 Å². The molecule has 3 heterocycles. The van der Waals surface area contributed by atoms with Crippen molar-refractivity contribution >= 4 is 27.6 Å². The van der Waals surface area contributed by atoms with E-state index in [1.165, 1.54) is 0 Å². The molecule has 0 radical (unpaired) electrons. The van der Waals surface area contributed by atoms with E-state index >= 15 is 0 Å². The van der Waals surface area contributed by atoms with Crippen molar-refractivity contribution < 1.29 is 0 Å². The van der Waals surface area contributed by atoms with Crippen LogP contribution in [0.3, 0.4) is 0 Å². The van der Waals surface area contributed by atoms with Crippen molar-refractivity contribution in [2.75, 3.05) is 5.32 Å². The maximum atomic E-state index is 4.75. The molecule has 0 aliphatic carbocycles. The molecule has 114 valence electrons. The Hall–Kier alpha value is -3.02. The zero-order valence-corrected chi connectivity index (χ0v) is 13.0. The number of benzene rings is 1. The first kappa shape index (κ1) is 13.6. The fraction of sp³-hybridized carbons (Fsp3) is 0.176. The number of hydrogen-bond donors (Lipinski definition) is 1. The number of aromatic nitrogens is 5. The van der Waals surface area contributed by atoms with E-state index in [1.807, 2.05) is 36.9 Å². The summed E-state index contributed by atoms with van der Waals surface area (Å²) in [6.07, 6.45) is 5.14. The molecule has 0 saturated carbocycles. The number of hydrogen-bond acceptors (Lipinski definition) is 5. The molecule has 4 aromatic rings. The number of anilines is 1. The van der Waals surface area contributed by atoms with E-state index in [1.54, 1.807) is 18.6 Å². The van der Waals surface area contributed by atoms with Gasteiger partial charge in [0.05, 0.1) is 40.7 Å². The third-order valence-electron chi connectivity index (χ3n) is 3.90. The maximum absolute atomic E-state index is 4.75. The van der Waals surface area contributed by atoms with E-state index in [-0.39, 0.29) is 0 Å². The van der Waals surface area contributed by atoms with Gasteiger partial charge >= 0.3 is 0 Å². The third kappa shape index (κ3) is 2.28. The molecule has 1 N–H and O–H groups in total. The minimum Gasteiger partial charge on any atom is -0.378 e. The quantitative estimate of drug-likeness (QED) is 0.630. The van der Waals surface area contributed by atoms with Gasteiger partial charge in [-0.2, -0.15) is 5.10 Å². The molecule has 0 bridgehead atoms. The number of pyridine rings is 1.